The van der Waals surface area contributed by atoms with Crippen molar-refractivity contribution in [1.82, 2.24) is 15.2 Å². The first kappa shape index (κ1) is 19.1. The van der Waals surface area contributed by atoms with Gasteiger partial charge in [0.05, 0.1) is 12.1 Å². The topological polar surface area (TPSA) is 58.4 Å². The van der Waals surface area contributed by atoms with E-state index in [1.165, 1.54) is 37.3 Å². The summed E-state index contributed by atoms with van der Waals surface area (Å²) in [6.07, 6.45) is 5.20. The van der Waals surface area contributed by atoms with E-state index >= 15 is 0 Å². The number of carbonyl (C=O) groups excluding carboxylic acids is 1. The van der Waals surface area contributed by atoms with Crippen molar-refractivity contribution in [3.8, 4) is 10.8 Å². The van der Waals surface area contributed by atoms with E-state index in [2.05, 4.69) is 22.1 Å². The van der Waals surface area contributed by atoms with Crippen molar-refractivity contribution in [2.24, 2.45) is 5.92 Å². The van der Waals surface area contributed by atoms with Gasteiger partial charge >= 0.3 is 0 Å². The van der Waals surface area contributed by atoms with Gasteiger partial charge in [-0.3, -0.25) is 4.79 Å². The number of amides is 1. The highest BCUT2D eigenvalue weighted by Crippen LogP contribution is 2.25. The van der Waals surface area contributed by atoms with E-state index in [0.717, 1.165) is 54.1 Å². The third-order valence-electron chi connectivity index (χ3n) is 4.81. The van der Waals surface area contributed by atoms with Crippen LogP contribution in [0.2, 0.25) is 0 Å². The fourth-order valence-corrected chi connectivity index (χ4v) is 4.24. The summed E-state index contributed by atoms with van der Waals surface area (Å²) in [6.45, 7) is 8.61. The molecule has 0 radical (unpaired) electrons. The number of rotatable bonds is 8. The summed E-state index contributed by atoms with van der Waals surface area (Å²) in [5.41, 5.74) is 0.804. The lowest BCUT2D eigenvalue weighted by molar-refractivity contribution is -0.120. The first-order valence-corrected chi connectivity index (χ1v) is 10.5. The Bertz CT molecular complexity index is 709. The van der Waals surface area contributed by atoms with Crippen LogP contribution < -0.4 is 5.32 Å². The van der Waals surface area contributed by atoms with Gasteiger partial charge in [-0.2, -0.15) is 0 Å². The second kappa shape index (κ2) is 9.33. The summed E-state index contributed by atoms with van der Waals surface area (Å²) >= 11 is 1.52. The van der Waals surface area contributed by atoms with Crippen LogP contribution in [0.4, 0.5) is 0 Å². The summed E-state index contributed by atoms with van der Waals surface area (Å²) in [5.74, 6) is 2.51. The molecule has 1 fully saturated rings. The van der Waals surface area contributed by atoms with E-state index in [1.54, 1.807) is 0 Å². The Kier molecular flexibility index (Phi) is 6.86. The third kappa shape index (κ3) is 5.68. The highest BCUT2D eigenvalue weighted by Gasteiger charge is 2.15. The van der Waals surface area contributed by atoms with Crippen molar-refractivity contribution in [2.45, 2.75) is 46.0 Å². The lowest BCUT2D eigenvalue weighted by atomic mass is 10.0. The van der Waals surface area contributed by atoms with Crippen molar-refractivity contribution in [1.29, 1.82) is 0 Å². The Morgan fingerprint density at radius 3 is 3.08 bits per heavy atom. The molecule has 3 rings (SSSR count). The number of unbranched alkanes of at least 4 members (excludes halogenated alkanes) is 1. The zero-order chi connectivity index (χ0) is 18.4. The van der Waals surface area contributed by atoms with E-state index in [-0.39, 0.29) is 5.91 Å². The Morgan fingerprint density at radius 2 is 2.31 bits per heavy atom. The summed E-state index contributed by atoms with van der Waals surface area (Å²) in [5, 5.41) is 5.78. The molecule has 142 valence electrons. The Hall–Kier alpha value is -1.66. The average Bonchev–Trinajstić information content (AvgIpc) is 3.23. The normalized spacial score (nSPS) is 18.2. The van der Waals surface area contributed by atoms with Crippen molar-refractivity contribution in [3.05, 3.63) is 29.0 Å². The predicted octanol–water partition coefficient (Wildman–Crippen LogP) is 3.88. The number of nitrogens with one attached hydrogen (secondary N) is 1. The Labute approximate surface area is 159 Å². The molecule has 6 heteroatoms. The summed E-state index contributed by atoms with van der Waals surface area (Å²) in [4.78, 5) is 19.2. The molecular weight excluding hydrogens is 346 g/mol. The number of likely N-dealkylation sites (tertiary alicyclic amines) is 1. The maximum atomic E-state index is 12.1. The van der Waals surface area contributed by atoms with Crippen LogP contribution >= 0.6 is 11.3 Å². The molecule has 5 nitrogen and oxygen atoms in total. The number of piperidine rings is 1. The van der Waals surface area contributed by atoms with Gasteiger partial charge in [0.25, 0.3) is 0 Å². The fourth-order valence-electron chi connectivity index (χ4n) is 3.46. The number of thiazole rings is 1. The summed E-state index contributed by atoms with van der Waals surface area (Å²) < 4.78 is 5.58. The molecule has 2 aromatic rings. The molecule has 1 atom stereocenters. The van der Waals surface area contributed by atoms with Crippen LogP contribution in [-0.2, 0) is 11.2 Å². The highest BCUT2D eigenvalue weighted by atomic mass is 32.1. The minimum absolute atomic E-state index is 0.0454. The van der Waals surface area contributed by atoms with E-state index in [1.807, 2.05) is 24.4 Å². The van der Waals surface area contributed by atoms with E-state index in [9.17, 15) is 4.79 Å². The summed E-state index contributed by atoms with van der Waals surface area (Å²) in [6, 6.07) is 3.84. The quantitative estimate of drug-likeness (QED) is 0.711. The number of aromatic nitrogens is 1. The number of hydrogen-bond donors (Lipinski definition) is 1. The molecule has 0 aliphatic carbocycles. The molecule has 0 saturated carbocycles. The molecule has 0 spiro atoms. The van der Waals surface area contributed by atoms with Crippen molar-refractivity contribution >= 4 is 17.2 Å². The Morgan fingerprint density at radius 1 is 1.42 bits per heavy atom. The molecule has 0 aromatic carbocycles. The number of aryl methyl sites for hydroxylation is 1. The van der Waals surface area contributed by atoms with Crippen LogP contribution in [-0.4, -0.2) is 42.0 Å². The van der Waals surface area contributed by atoms with Gasteiger partial charge < -0.3 is 14.6 Å². The first-order valence-electron chi connectivity index (χ1n) is 9.60. The number of hydrogen-bond acceptors (Lipinski definition) is 5. The van der Waals surface area contributed by atoms with Crippen molar-refractivity contribution < 1.29 is 9.21 Å². The highest BCUT2D eigenvalue weighted by molar-refractivity contribution is 7.13. The zero-order valence-electron chi connectivity index (χ0n) is 15.8. The maximum Gasteiger partial charge on any atom is 0.226 e. The monoisotopic (exact) mass is 375 g/mol. The van der Waals surface area contributed by atoms with E-state index < -0.39 is 0 Å². The molecule has 1 unspecified atom stereocenters. The molecule has 1 amide bonds. The first-order chi connectivity index (χ1) is 12.6. The van der Waals surface area contributed by atoms with Gasteiger partial charge in [-0.15, -0.1) is 11.3 Å². The number of carbonyl (C=O) groups is 1. The third-order valence-corrected chi connectivity index (χ3v) is 5.71. The molecule has 0 bridgehead atoms. The molecule has 2 aromatic heterocycles. The second-order valence-corrected chi connectivity index (χ2v) is 8.19. The maximum absolute atomic E-state index is 12.1. The number of nitrogens with zero attached hydrogens (tertiary/aromatic N) is 2. The SMILES string of the molecule is Cc1ccc(-c2nc(CC(=O)NCCCCN3CCCC(C)C3)cs2)o1. The molecule has 1 N–H and O–H groups in total. The number of furan rings is 1. The minimum atomic E-state index is 0.0454. The van der Waals surface area contributed by atoms with Crippen LogP contribution in [0.5, 0.6) is 0 Å². The van der Waals surface area contributed by atoms with Crippen LogP contribution in [0.15, 0.2) is 21.9 Å². The van der Waals surface area contributed by atoms with Crippen LogP contribution in [0.3, 0.4) is 0 Å². The average molecular weight is 376 g/mol. The van der Waals surface area contributed by atoms with Gasteiger partial charge in [0.15, 0.2) is 10.8 Å². The van der Waals surface area contributed by atoms with Gasteiger partial charge in [-0.05, 0) is 63.7 Å². The Balaban J connectivity index is 1.32. The lowest BCUT2D eigenvalue weighted by Crippen LogP contribution is -2.35. The van der Waals surface area contributed by atoms with Crippen LogP contribution in [0.25, 0.3) is 10.8 Å². The van der Waals surface area contributed by atoms with Gasteiger partial charge in [0.2, 0.25) is 5.91 Å². The van der Waals surface area contributed by atoms with Crippen LogP contribution in [0.1, 0.15) is 44.1 Å². The van der Waals surface area contributed by atoms with Crippen molar-refractivity contribution in [2.75, 3.05) is 26.2 Å². The van der Waals surface area contributed by atoms with Gasteiger partial charge in [0.1, 0.15) is 5.76 Å². The predicted molar refractivity (Wildman–Crippen MR) is 105 cm³/mol. The van der Waals surface area contributed by atoms with Crippen LogP contribution in [0, 0.1) is 12.8 Å². The molecule has 26 heavy (non-hydrogen) atoms. The second-order valence-electron chi connectivity index (χ2n) is 7.34. The minimum Gasteiger partial charge on any atom is -0.459 e. The molecule has 1 aliphatic heterocycles. The fraction of sp³-hybridized carbons (Fsp3) is 0.600. The van der Waals surface area contributed by atoms with E-state index in [0.29, 0.717) is 6.42 Å². The van der Waals surface area contributed by atoms with Gasteiger partial charge in [-0.1, -0.05) is 6.92 Å². The standard InChI is InChI=1S/C20H29N3O2S/c1-15-6-5-11-23(13-15)10-4-3-9-21-19(24)12-17-14-26-20(22-17)18-8-7-16(2)25-18/h7-8,14-15H,3-6,9-13H2,1-2H3,(H,21,24). The van der Waals surface area contributed by atoms with Crippen molar-refractivity contribution in [3.63, 3.8) is 0 Å². The molecule has 3 heterocycles. The zero-order valence-corrected chi connectivity index (χ0v) is 16.6. The van der Waals surface area contributed by atoms with E-state index in [4.69, 9.17) is 4.42 Å². The molecule has 1 saturated heterocycles. The summed E-state index contributed by atoms with van der Waals surface area (Å²) in [7, 11) is 0. The van der Waals surface area contributed by atoms with Gasteiger partial charge in [-0.25, -0.2) is 4.98 Å². The molecular formula is C20H29N3O2S. The molecule has 1 aliphatic rings. The van der Waals surface area contributed by atoms with Gasteiger partial charge in [0, 0.05) is 18.5 Å². The largest absolute Gasteiger partial charge is 0.459 e. The lowest BCUT2D eigenvalue weighted by Gasteiger charge is -2.30. The smallest absolute Gasteiger partial charge is 0.226 e.